The van der Waals surface area contributed by atoms with Gasteiger partial charge in [0.2, 0.25) is 11.8 Å². The minimum absolute atomic E-state index is 0.0173. The van der Waals surface area contributed by atoms with E-state index in [0.717, 1.165) is 5.32 Å². The number of hydrogen-bond acceptors (Lipinski definition) is 10. The molecule has 11 nitrogen and oxygen atoms in total. The van der Waals surface area contributed by atoms with Gasteiger partial charge in [-0.05, 0) is 12.1 Å². The van der Waals surface area contributed by atoms with Crippen LogP contribution >= 0.6 is 0 Å². The molecule has 0 aliphatic rings. The molecule has 0 aliphatic heterocycles. The molecule has 0 radical (unpaired) electrons. The normalized spacial score (nSPS) is 11.0. The minimum Gasteiger partial charge on any atom is -0.479 e. The van der Waals surface area contributed by atoms with Crippen LogP contribution < -0.4 is 29.6 Å². The molecule has 0 spiro atoms. The Kier molecular flexibility index (Phi) is 6.39. The lowest BCUT2D eigenvalue weighted by Crippen LogP contribution is -2.40. The lowest BCUT2D eigenvalue weighted by atomic mass is 10.4. The number of nitrogens with one attached hydrogen (secondary N) is 1. The number of furan rings is 1. The zero-order valence-corrected chi connectivity index (χ0v) is 19.0. The van der Waals surface area contributed by atoms with Crippen molar-refractivity contribution in [3.8, 4) is 29.7 Å². The molecule has 3 rings (SSSR count). The first-order valence-corrected chi connectivity index (χ1v) is 12.7. The molecule has 1 N–H and O–H groups in total. The Bertz CT molecular complexity index is 1060. The molecule has 31 heavy (non-hydrogen) atoms. The van der Waals surface area contributed by atoms with Crippen LogP contribution in [0.25, 0.3) is 0 Å². The lowest BCUT2D eigenvalue weighted by Gasteiger charge is -2.14. The first-order valence-electron chi connectivity index (χ1n) is 9.21. The van der Waals surface area contributed by atoms with Gasteiger partial charge in [-0.1, -0.05) is 19.6 Å². The van der Waals surface area contributed by atoms with E-state index >= 15 is 0 Å². The summed E-state index contributed by atoms with van der Waals surface area (Å²) in [5.74, 6) is -0.399. The van der Waals surface area contributed by atoms with Crippen molar-refractivity contribution in [1.82, 2.24) is 19.9 Å². The Hall–Kier alpha value is -3.67. The Labute approximate surface area is 179 Å². The Morgan fingerprint density at radius 1 is 0.935 bits per heavy atom. The fraction of sp³-hybridized carbons (Fsp3) is 0.316. The van der Waals surface area contributed by atoms with Gasteiger partial charge in [-0.25, -0.2) is 9.97 Å². The first kappa shape index (κ1) is 22.0. The van der Waals surface area contributed by atoms with Crippen molar-refractivity contribution >= 4 is 25.0 Å². The standard InChI is InChI=1S/C19H23N5O6Si/c1-26-16-14(17(27-2)24-19(23-16)28-3)22-15(25)11-7-8-13(29-11)30-18-20-10-9-12(21-18)31(4,5)6/h7-10H,1-6H3,(H,22,25). The van der Waals surface area contributed by atoms with Crippen LogP contribution in [0.4, 0.5) is 5.69 Å². The molecule has 0 fully saturated rings. The van der Waals surface area contributed by atoms with Crippen LogP contribution in [0.5, 0.6) is 29.7 Å². The van der Waals surface area contributed by atoms with Gasteiger partial charge in [0, 0.05) is 17.6 Å². The fourth-order valence-corrected chi connectivity index (χ4v) is 3.47. The van der Waals surface area contributed by atoms with Crippen LogP contribution in [0.3, 0.4) is 0 Å². The Morgan fingerprint density at radius 3 is 2.19 bits per heavy atom. The largest absolute Gasteiger partial charge is 0.479 e. The van der Waals surface area contributed by atoms with E-state index in [1.807, 2.05) is 6.07 Å². The third kappa shape index (κ3) is 5.09. The van der Waals surface area contributed by atoms with Crippen LogP contribution in [0.15, 0.2) is 28.8 Å². The molecule has 0 aliphatic carbocycles. The van der Waals surface area contributed by atoms with Crippen LogP contribution in [0, 0.1) is 0 Å². The van der Waals surface area contributed by atoms with E-state index < -0.39 is 14.0 Å². The summed E-state index contributed by atoms with van der Waals surface area (Å²) in [7, 11) is 2.56. The zero-order valence-electron chi connectivity index (χ0n) is 18.0. The van der Waals surface area contributed by atoms with Gasteiger partial charge in [0.05, 0.1) is 21.3 Å². The van der Waals surface area contributed by atoms with E-state index in [-0.39, 0.29) is 41.2 Å². The second kappa shape index (κ2) is 9.00. The molecular weight excluding hydrogens is 422 g/mol. The van der Waals surface area contributed by atoms with Gasteiger partial charge in [-0.2, -0.15) is 9.97 Å². The second-order valence-corrected chi connectivity index (χ2v) is 12.3. The summed E-state index contributed by atoms with van der Waals surface area (Å²) in [4.78, 5) is 29.3. The van der Waals surface area contributed by atoms with Crippen molar-refractivity contribution < 1.29 is 28.2 Å². The first-order chi connectivity index (χ1) is 14.7. The fourth-order valence-electron chi connectivity index (χ4n) is 2.47. The van der Waals surface area contributed by atoms with Crippen molar-refractivity contribution in [2.75, 3.05) is 26.6 Å². The summed E-state index contributed by atoms with van der Waals surface area (Å²) in [6, 6.07) is 5.00. The van der Waals surface area contributed by atoms with Gasteiger partial charge in [0.1, 0.15) is 8.07 Å². The van der Waals surface area contributed by atoms with Gasteiger partial charge in [0.15, 0.2) is 11.4 Å². The summed E-state index contributed by atoms with van der Waals surface area (Å²) in [5, 5.41) is 3.56. The highest BCUT2D eigenvalue weighted by atomic mass is 28.3. The monoisotopic (exact) mass is 445 g/mol. The number of aromatic nitrogens is 4. The molecule has 3 aromatic heterocycles. The third-order valence-corrected chi connectivity index (χ3v) is 5.84. The second-order valence-electron chi connectivity index (χ2n) is 7.25. The van der Waals surface area contributed by atoms with E-state index in [2.05, 4.69) is 44.9 Å². The number of nitrogens with zero attached hydrogens (tertiary/aromatic N) is 4. The molecule has 1 amide bonds. The third-order valence-electron chi connectivity index (χ3n) is 4.03. The minimum atomic E-state index is -1.63. The molecular formula is C19H23N5O6Si. The average molecular weight is 446 g/mol. The number of anilines is 1. The van der Waals surface area contributed by atoms with Crippen LogP contribution in [0.2, 0.25) is 19.6 Å². The number of amides is 1. The summed E-state index contributed by atoms with van der Waals surface area (Å²) in [6.07, 6.45) is 1.63. The van der Waals surface area contributed by atoms with Crippen molar-refractivity contribution in [3.05, 3.63) is 30.2 Å². The molecule has 12 heteroatoms. The number of ether oxygens (including phenoxy) is 4. The van der Waals surface area contributed by atoms with Gasteiger partial charge >= 0.3 is 12.0 Å². The number of rotatable bonds is 8. The lowest BCUT2D eigenvalue weighted by molar-refractivity contribution is 0.0990. The quantitative estimate of drug-likeness (QED) is 0.516. The van der Waals surface area contributed by atoms with Crippen molar-refractivity contribution in [2.24, 2.45) is 0 Å². The Balaban J connectivity index is 1.79. The topological polar surface area (TPSA) is 131 Å². The molecule has 3 aromatic rings. The summed E-state index contributed by atoms with van der Waals surface area (Å²) in [6.45, 7) is 6.50. The van der Waals surface area contributed by atoms with Crippen molar-refractivity contribution in [2.45, 2.75) is 19.6 Å². The van der Waals surface area contributed by atoms with E-state index in [4.69, 9.17) is 23.4 Å². The van der Waals surface area contributed by atoms with Crippen LogP contribution in [-0.2, 0) is 0 Å². The molecule has 164 valence electrons. The van der Waals surface area contributed by atoms with Gasteiger partial charge in [-0.3, -0.25) is 4.79 Å². The maximum Gasteiger partial charge on any atom is 0.324 e. The van der Waals surface area contributed by atoms with Gasteiger partial charge in [-0.15, -0.1) is 0 Å². The predicted molar refractivity (Wildman–Crippen MR) is 113 cm³/mol. The number of methoxy groups -OCH3 is 3. The molecule has 0 aromatic carbocycles. The number of hydrogen-bond donors (Lipinski definition) is 1. The molecule has 0 saturated carbocycles. The van der Waals surface area contributed by atoms with E-state index in [9.17, 15) is 4.79 Å². The maximum atomic E-state index is 12.7. The summed E-state index contributed by atoms with van der Waals surface area (Å²) in [5.41, 5.74) is 0.126. The summed E-state index contributed by atoms with van der Waals surface area (Å²) < 4.78 is 26.5. The Morgan fingerprint density at radius 2 is 1.61 bits per heavy atom. The van der Waals surface area contributed by atoms with E-state index in [1.54, 1.807) is 6.20 Å². The smallest absolute Gasteiger partial charge is 0.324 e. The molecule has 3 heterocycles. The van der Waals surface area contributed by atoms with E-state index in [0.29, 0.717) is 0 Å². The molecule has 0 bridgehead atoms. The number of carbonyl (C=O) groups excluding carboxylic acids is 1. The van der Waals surface area contributed by atoms with E-state index in [1.165, 1.54) is 33.5 Å². The maximum absolute atomic E-state index is 12.7. The molecule has 0 atom stereocenters. The summed E-state index contributed by atoms with van der Waals surface area (Å²) >= 11 is 0. The van der Waals surface area contributed by atoms with Gasteiger partial charge < -0.3 is 28.7 Å². The predicted octanol–water partition coefficient (Wildman–Crippen LogP) is 2.48. The van der Waals surface area contributed by atoms with Crippen LogP contribution in [0.1, 0.15) is 10.6 Å². The van der Waals surface area contributed by atoms with Crippen LogP contribution in [-0.4, -0.2) is 55.2 Å². The van der Waals surface area contributed by atoms with Gasteiger partial charge in [0.25, 0.3) is 11.9 Å². The van der Waals surface area contributed by atoms with Crippen molar-refractivity contribution in [3.63, 3.8) is 0 Å². The SMILES string of the molecule is COc1nc(OC)c(NC(=O)c2ccc(Oc3nccc([Si](C)(C)C)n3)o2)c(OC)n1. The highest BCUT2D eigenvalue weighted by Crippen LogP contribution is 2.33. The molecule has 0 saturated heterocycles. The molecule has 0 unspecified atom stereocenters. The highest BCUT2D eigenvalue weighted by molar-refractivity contribution is 6.88. The highest BCUT2D eigenvalue weighted by Gasteiger charge is 2.23. The zero-order chi connectivity index (χ0) is 22.6. The van der Waals surface area contributed by atoms with Crippen molar-refractivity contribution in [1.29, 1.82) is 0 Å². The average Bonchev–Trinajstić information content (AvgIpc) is 3.21. The number of carbonyl (C=O) groups is 1.